The number of hydrogen-bond donors (Lipinski definition) is 2. The fourth-order valence-electron chi connectivity index (χ4n) is 2.30. The lowest BCUT2D eigenvalue weighted by atomic mass is 10.2. The lowest BCUT2D eigenvalue weighted by Gasteiger charge is -2.12. The summed E-state index contributed by atoms with van der Waals surface area (Å²) in [5.41, 5.74) is 0.325. The number of hydrogen-bond acceptors (Lipinski definition) is 4. The Morgan fingerprint density at radius 2 is 1.68 bits per heavy atom. The van der Waals surface area contributed by atoms with Gasteiger partial charge in [-0.1, -0.05) is 41.4 Å². The monoisotopic (exact) mass is 438 g/mol. The zero-order valence-corrected chi connectivity index (χ0v) is 16.4. The van der Waals surface area contributed by atoms with Gasteiger partial charge in [-0.2, -0.15) is 0 Å². The fourth-order valence-corrected chi connectivity index (χ4v) is 3.70. The summed E-state index contributed by atoms with van der Waals surface area (Å²) in [6.45, 7) is 0. The topological polar surface area (TPSA) is 78.8 Å². The van der Waals surface area contributed by atoms with Crippen LogP contribution >= 0.6 is 23.2 Å². The minimum Gasteiger partial charge on any atom is -0.507 e. The van der Waals surface area contributed by atoms with E-state index < -0.39 is 15.8 Å². The second-order valence-corrected chi connectivity index (χ2v) is 8.16. The predicted octanol–water partition coefficient (Wildman–Crippen LogP) is 5.39. The molecular weight excluding hydrogens is 426 g/mol. The molecule has 0 saturated heterocycles. The molecule has 0 aliphatic carbocycles. The van der Waals surface area contributed by atoms with Crippen LogP contribution in [0, 0.1) is 5.82 Å². The molecule has 0 saturated carbocycles. The van der Waals surface area contributed by atoms with Gasteiger partial charge >= 0.3 is 0 Å². The van der Waals surface area contributed by atoms with E-state index in [1.165, 1.54) is 36.5 Å². The summed E-state index contributed by atoms with van der Waals surface area (Å²) in [4.78, 5) is 4.19. The van der Waals surface area contributed by atoms with Crippen molar-refractivity contribution in [3.63, 3.8) is 0 Å². The first-order chi connectivity index (χ1) is 13.3. The van der Waals surface area contributed by atoms with E-state index in [2.05, 4.69) is 9.71 Å². The molecule has 28 heavy (non-hydrogen) atoms. The van der Waals surface area contributed by atoms with E-state index in [0.29, 0.717) is 0 Å². The third-order valence-electron chi connectivity index (χ3n) is 3.67. The van der Waals surface area contributed by atoms with Crippen LogP contribution in [0.2, 0.25) is 10.0 Å². The highest BCUT2D eigenvalue weighted by Crippen LogP contribution is 2.36. The Hall–Kier alpha value is -2.61. The number of nitrogens with zero attached hydrogens (tertiary/aromatic N) is 1. The molecule has 0 heterocycles. The van der Waals surface area contributed by atoms with Crippen LogP contribution in [0.4, 0.5) is 15.8 Å². The SMILES string of the molecule is O=S(=O)(Nc1cc(Cl)c(Cl)cc1/N=C/c1cc(F)ccc1O)c1ccccc1. The molecule has 0 fully saturated rings. The summed E-state index contributed by atoms with van der Waals surface area (Å²) >= 11 is 12.0. The lowest BCUT2D eigenvalue weighted by Crippen LogP contribution is -2.13. The van der Waals surface area contributed by atoms with E-state index in [0.717, 1.165) is 12.1 Å². The van der Waals surface area contributed by atoms with Gasteiger partial charge < -0.3 is 5.11 Å². The molecule has 0 atom stereocenters. The molecular formula is C19H13Cl2FN2O3S. The summed E-state index contributed by atoms with van der Waals surface area (Å²) < 4.78 is 41.0. The molecule has 3 aromatic rings. The van der Waals surface area contributed by atoms with Crippen LogP contribution < -0.4 is 4.72 Å². The van der Waals surface area contributed by atoms with Crippen LogP contribution in [0.25, 0.3) is 0 Å². The Balaban J connectivity index is 2.02. The summed E-state index contributed by atoms with van der Waals surface area (Å²) in [6.07, 6.45) is 1.19. The van der Waals surface area contributed by atoms with E-state index >= 15 is 0 Å². The third kappa shape index (κ3) is 4.62. The molecule has 0 unspecified atom stereocenters. The highest BCUT2D eigenvalue weighted by Gasteiger charge is 2.17. The minimum atomic E-state index is -3.90. The van der Waals surface area contributed by atoms with Crippen LogP contribution in [0.3, 0.4) is 0 Å². The van der Waals surface area contributed by atoms with Crippen LogP contribution in [0.15, 0.2) is 70.6 Å². The number of rotatable bonds is 5. The summed E-state index contributed by atoms with van der Waals surface area (Å²) in [7, 11) is -3.90. The number of anilines is 1. The minimum absolute atomic E-state index is 0.0544. The van der Waals surface area contributed by atoms with E-state index in [4.69, 9.17) is 23.2 Å². The molecule has 0 amide bonds. The van der Waals surface area contributed by atoms with Crippen molar-refractivity contribution >= 4 is 50.8 Å². The quantitative estimate of drug-likeness (QED) is 0.524. The molecule has 0 bridgehead atoms. The number of phenolic OH excluding ortho intramolecular Hbond substituents is 1. The van der Waals surface area contributed by atoms with Crippen LogP contribution in [-0.4, -0.2) is 19.7 Å². The van der Waals surface area contributed by atoms with E-state index in [1.807, 2.05) is 0 Å². The smallest absolute Gasteiger partial charge is 0.261 e. The molecule has 2 N–H and O–H groups in total. The first kappa shape index (κ1) is 20.1. The number of halogens is 3. The van der Waals surface area contributed by atoms with Crippen LogP contribution in [0.1, 0.15) is 5.56 Å². The molecule has 0 aliphatic heterocycles. The molecule has 3 rings (SSSR count). The van der Waals surface area contributed by atoms with Crippen molar-refractivity contribution in [2.75, 3.05) is 4.72 Å². The summed E-state index contributed by atoms with van der Waals surface area (Å²) in [5, 5.41) is 10.1. The first-order valence-electron chi connectivity index (χ1n) is 7.86. The average molecular weight is 439 g/mol. The predicted molar refractivity (Wildman–Crippen MR) is 109 cm³/mol. The second kappa shape index (κ2) is 8.18. The number of aromatic hydroxyl groups is 1. The number of aliphatic imine (C=N–C) groups is 1. The zero-order chi connectivity index (χ0) is 20.3. The highest BCUT2D eigenvalue weighted by atomic mass is 35.5. The van der Waals surface area contributed by atoms with Crippen molar-refractivity contribution in [3.05, 3.63) is 82.1 Å². The standard InChI is InChI=1S/C19H13Cl2FN2O3S/c20-15-9-17(23-11-12-8-13(22)6-7-19(12)25)18(10-16(15)21)24-28(26,27)14-4-2-1-3-5-14/h1-11,24-25H/b23-11+. The van der Waals surface area contributed by atoms with Gasteiger partial charge in [0.25, 0.3) is 10.0 Å². The zero-order valence-electron chi connectivity index (χ0n) is 14.1. The molecule has 0 spiro atoms. The molecule has 144 valence electrons. The first-order valence-corrected chi connectivity index (χ1v) is 10.1. The summed E-state index contributed by atoms with van der Waals surface area (Å²) in [5.74, 6) is -0.741. The van der Waals surface area contributed by atoms with Gasteiger partial charge in [0.15, 0.2) is 0 Å². The fraction of sp³-hybridized carbons (Fsp3) is 0. The maximum atomic E-state index is 13.4. The van der Waals surface area contributed by atoms with Crippen molar-refractivity contribution in [1.29, 1.82) is 0 Å². The molecule has 5 nitrogen and oxygen atoms in total. The van der Waals surface area contributed by atoms with Gasteiger partial charge in [-0.3, -0.25) is 9.71 Å². The average Bonchev–Trinajstić information content (AvgIpc) is 2.66. The normalized spacial score (nSPS) is 11.7. The number of nitrogens with one attached hydrogen (secondary N) is 1. The maximum Gasteiger partial charge on any atom is 0.261 e. The van der Waals surface area contributed by atoms with Crippen molar-refractivity contribution in [1.82, 2.24) is 0 Å². The van der Waals surface area contributed by atoms with Crippen molar-refractivity contribution in [3.8, 4) is 5.75 Å². The molecule has 0 aliphatic rings. The Labute approximate surface area is 171 Å². The molecule has 0 radical (unpaired) electrons. The van der Waals surface area contributed by atoms with Crippen LogP contribution in [-0.2, 0) is 10.0 Å². The lowest BCUT2D eigenvalue weighted by molar-refractivity contribution is 0.472. The Morgan fingerprint density at radius 3 is 2.39 bits per heavy atom. The van der Waals surface area contributed by atoms with Gasteiger partial charge in [-0.25, -0.2) is 12.8 Å². The largest absolute Gasteiger partial charge is 0.507 e. The number of sulfonamides is 1. The summed E-state index contributed by atoms with van der Waals surface area (Å²) in [6, 6.07) is 13.8. The maximum absolute atomic E-state index is 13.4. The Bertz CT molecular complexity index is 1150. The van der Waals surface area contributed by atoms with Gasteiger partial charge in [-0.05, 0) is 42.5 Å². The van der Waals surface area contributed by atoms with Crippen LogP contribution in [0.5, 0.6) is 5.75 Å². The molecule has 9 heteroatoms. The van der Waals surface area contributed by atoms with E-state index in [9.17, 15) is 17.9 Å². The van der Waals surface area contributed by atoms with Crippen molar-refractivity contribution in [2.45, 2.75) is 4.90 Å². The Morgan fingerprint density at radius 1 is 1.00 bits per heavy atom. The van der Waals surface area contributed by atoms with Gasteiger partial charge in [0.1, 0.15) is 11.6 Å². The second-order valence-electron chi connectivity index (χ2n) is 5.66. The van der Waals surface area contributed by atoms with Crippen molar-refractivity contribution < 1.29 is 17.9 Å². The van der Waals surface area contributed by atoms with Crippen molar-refractivity contribution in [2.24, 2.45) is 4.99 Å². The third-order valence-corrected chi connectivity index (χ3v) is 5.77. The Kier molecular flexibility index (Phi) is 5.88. The van der Waals surface area contributed by atoms with Gasteiger partial charge in [0, 0.05) is 11.8 Å². The number of phenols is 1. The van der Waals surface area contributed by atoms with E-state index in [-0.39, 0.29) is 37.6 Å². The molecule has 3 aromatic carbocycles. The highest BCUT2D eigenvalue weighted by molar-refractivity contribution is 7.92. The van der Waals surface area contributed by atoms with Gasteiger partial charge in [0.05, 0.1) is 26.3 Å². The van der Waals surface area contributed by atoms with Gasteiger partial charge in [0.2, 0.25) is 0 Å². The number of benzene rings is 3. The molecule has 0 aromatic heterocycles. The van der Waals surface area contributed by atoms with Gasteiger partial charge in [-0.15, -0.1) is 0 Å². The van der Waals surface area contributed by atoms with E-state index in [1.54, 1.807) is 18.2 Å².